The molecule has 0 aliphatic heterocycles. The second kappa shape index (κ2) is 10.5. The van der Waals surface area contributed by atoms with E-state index in [1.807, 2.05) is 0 Å². The van der Waals surface area contributed by atoms with Gasteiger partial charge in [-0.25, -0.2) is 0 Å². The first-order valence-electron chi connectivity index (χ1n) is 12.7. The summed E-state index contributed by atoms with van der Waals surface area (Å²) in [5.41, 5.74) is 3.92. The van der Waals surface area contributed by atoms with Gasteiger partial charge in [-0.3, -0.25) is 0 Å². The molecule has 3 rings (SSSR count). The zero-order chi connectivity index (χ0) is 23.4. The van der Waals surface area contributed by atoms with Crippen LogP contribution in [0, 0.1) is 6.92 Å². The van der Waals surface area contributed by atoms with Crippen molar-refractivity contribution in [3.63, 3.8) is 0 Å². The molecule has 2 aromatic rings. The van der Waals surface area contributed by atoms with Crippen molar-refractivity contribution in [3.8, 4) is 11.5 Å². The van der Waals surface area contributed by atoms with E-state index in [1.165, 1.54) is 48.8 Å². The van der Waals surface area contributed by atoms with Gasteiger partial charge in [0, 0.05) is 5.92 Å². The highest BCUT2D eigenvalue weighted by molar-refractivity contribution is 6.74. The molecule has 0 radical (unpaired) electrons. The quantitative estimate of drug-likeness (QED) is 0.372. The molecule has 3 heteroatoms. The van der Waals surface area contributed by atoms with E-state index in [0.717, 1.165) is 24.3 Å². The van der Waals surface area contributed by atoms with Crippen molar-refractivity contribution in [3.05, 3.63) is 59.2 Å². The first kappa shape index (κ1) is 24.9. The van der Waals surface area contributed by atoms with Crippen LogP contribution in [0.5, 0.6) is 11.5 Å². The largest absolute Gasteiger partial charge is 0.543 e. The van der Waals surface area contributed by atoms with Crippen molar-refractivity contribution in [1.82, 2.24) is 0 Å². The molecule has 0 spiro atoms. The summed E-state index contributed by atoms with van der Waals surface area (Å²) >= 11 is 0. The predicted octanol–water partition coefficient (Wildman–Crippen LogP) is 8.83. The molecular formula is C29H44O2Si. The third-order valence-electron chi connectivity index (χ3n) is 7.54. The predicted molar refractivity (Wildman–Crippen MR) is 140 cm³/mol. The third-order valence-corrected chi connectivity index (χ3v) is 11.9. The monoisotopic (exact) mass is 452 g/mol. The Balaban J connectivity index is 1.89. The topological polar surface area (TPSA) is 18.5 Å². The maximum atomic E-state index is 6.79. The fraction of sp³-hybridized carbons (Fsp3) is 0.586. The van der Waals surface area contributed by atoms with Crippen LogP contribution in [0.1, 0.15) is 88.8 Å². The van der Waals surface area contributed by atoms with E-state index >= 15 is 0 Å². The standard InChI is InChI=1S/C29H44O2Si/c1-8-9-15-24-21-27(22(2)20-28(24)31-32(6,7)29(3,4)5)30-26-19-14-13-18-25(26)23-16-11-10-12-17-23/h10-12,16-17,20-21,25-26H,8-9,13-15,18-19H2,1-7H3/t25-,26+/m0/s1. The number of hydrogen-bond acceptors (Lipinski definition) is 2. The van der Waals surface area contributed by atoms with Crippen LogP contribution in [0.2, 0.25) is 18.1 Å². The van der Waals surface area contributed by atoms with Gasteiger partial charge in [0.2, 0.25) is 8.32 Å². The second-order valence-electron chi connectivity index (χ2n) is 11.1. The Morgan fingerprint density at radius 2 is 1.66 bits per heavy atom. The van der Waals surface area contributed by atoms with Crippen LogP contribution in [0.4, 0.5) is 0 Å². The van der Waals surface area contributed by atoms with Crippen LogP contribution >= 0.6 is 0 Å². The van der Waals surface area contributed by atoms with Gasteiger partial charge >= 0.3 is 0 Å². The highest BCUT2D eigenvalue weighted by atomic mass is 28.4. The minimum atomic E-state index is -1.90. The SMILES string of the molecule is CCCCc1cc(O[C@@H]2CCCC[C@H]2c2ccccc2)c(C)cc1O[Si](C)(C)C(C)(C)C. The summed E-state index contributed by atoms with van der Waals surface area (Å²) in [4.78, 5) is 0. The number of benzene rings is 2. The molecule has 2 aromatic carbocycles. The number of unbranched alkanes of at least 4 members (excludes halogenated alkanes) is 1. The summed E-state index contributed by atoms with van der Waals surface area (Å²) in [5, 5.41) is 0.184. The molecule has 32 heavy (non-hydrogen) atoms. The molecule has 0 bridgehead atoms. The fourth-order valence-electron chi connectivity index (χ4n) is 4.40. The molecule has 2 atom stereocenters. The first-order valence-corrected chi connectivity index (χ1v) is 15.6. The average molecular weight is 453 g/mol. The maximum Gasteiger partial charge on any atom is 0.250 e. The van der Waals surface area contributed by atoms with Crippen LogP contribution in [0.15, 0.2) is 42.5 Å². The van der Waals surface area contributed by atoms with Gasteiger partial charge in [-0.05, 0) is 86.0 Å². The molecule has 176 valence electrons. The molecule has 1 aliphatic rings. The highest BCUT2D eigenvalue weighted by Crippen LogP contribution is 2.41. The molecule has 1 aliphatic carbocycles. The summed E-state index contributed by atoms with van der Waals surface area (Å²) in [6.45, 7) is 16.0. The smallest absolute Gasteiger partial charge is 0.250 e. The minimum absolute atomic E-state index is 0.184. The molecule has 0 saturated heterocycles. The lowest BCUT2D eigenvalue weighted by molar-refractivity contribution is 0.129. The van der Waals surface area contributed by atoms with Crippen molar-refractivity contribution >= 4 is 8.32 Å². The molecule has 2 nitrogen and oxygen atoms in total. The van der Waals surface area contributed by atoms with Crippen LogP contribution in [-0.2, 0) is 6.42 Å². The van der Waals surface area contributed by atoms with Crippen LogP contribution in [0.3, 0.4) is 0 Å². The van der Waals surface area contributed by atoms with Crippen molar-refractivity contribution < 1.29 is 9.16 Å². The number of aryl methyl sites for hydroxylation is 2. The Bertz CT molecular complexity index is 867. The van der Waals surface area contributed by atoms with Gasteiger partial charge in [0.15, 0.2) is 0 Å². The number of rotatable bonds is 8. The third kappa shape index (κ3) is 5.98. The lowest BCUT2D eigenvalue weighted by Gasteiger charge is -2.37. The van der Waals surface area contributed by atoms with Crippen LogP contribution < -0.4 is 9.16 Å². The van der Waals surface area contributed by atoms with E-state index in [2.05, 4.69) is 90.2 Å². The molecule has 0 aromatic heterocycles. The number of ether oxygens (including phenoxy) is 1. The van der Waals surface area contributed by atoms with Gasteiger partial charge in [0.1, 0.15) is 17.6 Å². The Morgan fingerprint density at radius 3 is 2.31 bits per heavy atom. The summed E-state index contributed by atoms with van der Waals surface area (Å²) in [6.07, 6.45) is 8.53. The normalized spacial score (nSPS) is 19.6. The number of hydrogen-bond donors (Lipinski definition) is 0. The Morgan fingerprint density at radius 1 is 0.969 bits per heavy atom. The Kier molecular flexibility index (Phi) is 8.14. The summed E-state index contributed by atoms with van der Waals surface area (Å²) in [7, 11) is -1.90. The molecule has 1 saturated carbocycles. The lowest BCUT2D eigenvalue weighted by Crippen LogP contribution is -2.44. The Labute approximate surface area is 197 Å². The van der Waals surface area contributed by atoms with Gasteiger partial charge in [-0.2, -0.15) is 0 Å². The van der Waals surface area contributed by atoms with Crippen LogP contribution in [-0.4, -0.2) is 14.4 Å². The van der Waals surface area contributed by atoms with E-state index in [4.69, 9.17) is 9.16 Å². The highest BCUT2D eigenvalue weighted by Gasteiger charge is 2.39. The zero-order valence-electron chi connectivity index (χ0n) is 21.5. The molecule has 0 amide bonds. The van der Waals surface area contributed by atoms with Crippen LogP contribution in [0.25, 0.3) is 0 Å². The van der Waals surface area contributed by atoms with E-state index < -0.39 is 8.32 Å². The van der Waals surface area contributed by atoms with Crippen molar-refractivity contribution in [2.24, 2.45) is 0 Å². The van der Waals surface area contributed by atoms with E-state index in [0.29, 0.717) is 5.92 Å². The zero-order valence-corrected chi connectivity index (χ0v) is 22.5. The molecular weight excluding hydrogens is 408 g/mol. The molecule has 0 heterocycles. The molecule has 0 N–H and O–H groups in total. The Hall–Kier alpha value is -1.74. The lowest BCUT2D eigenvalue weighted by atomic mass is 9.81. The van der Waals surface area contributed by atoms with Crippen molar-refractivity contribution in [2.45, 2.75) is 110 Å². The maximum absolute atomic E-state index is 6.79. The summed E-state index contributed by atoms with van der Waals surface area (Å²) < 4.78 is 13.6. The summed E-state index contributed by atoms with van der Waals surface area (Å²) in [6, 6.07) is 15.5. The molecule has 1 fully saturated rings. The fourth-order valence-corrected chi connectivity index (χ4v) is 5.44. The van der Waals surface area contributed by atoms with Gasteiger partial charge < -0.3 is 9.16 Å². The van der Waals surface area contributed by atoms with Gasteiger partial charge in [0.25, 0.3) is 0 Å². The van der Waals surface area contributed by atoms with Gasteiger partial charge in [-0.1, -0.05) is 70.9 Å². The molecule has 0 unspecified atom stereocenters. The second-order valence-corrected chi connectivity index (χ2v) is 15.9. The van der Waals surface area contributed by atoms with Gasteiger partial charge in [-0.15, -0.1) is 0 Å². The summed E-state index contributed by atoms with van der Waals surface area (Å²) in [5.74, 6) is 2.61. The van der Waals surface area contributed by atoms with E-state index in [1.54, 1.807) is 0 Å². The van der Waals surface area contributed by atoms with Crippen molar-refractivity contribution in [2.75, 3.05) is 0 Å². The average Bonchev–Trinajstić information content (AvgIpc) is 2.74. The first-order chi connectivity index (χ1) is 15.1. The minimum Gasteiger partial charge on any atom is -0.543 e. The van der Waals surface area contributed by atoms with Gasteiger partial charge in [0.05, 0.1) is 0 Å². The van der Waals surface area contributed by atoms with E-state index in [9.17, 15) is 0 Å². The van der Waals surface area contributed by atoms with E-state index in [-0.39, 0.29) is 11.1 Å². The van der Waals surface area contributed by atoms with Crippen molar-refractivity contribution in [1.29, 1.82) is 0 Å².